The normalized spacial score (nSPS) is 30.3. The lowest BCUT2D eigenvalue weighted by Crippen LogP contribution is -2.47. The van der Waals surface area contributed by atoms with E-state index >= 15 is 0 Å². The van der Waals surface area contributed by atoms with Gasteiger partial charge in [0, 0.05) is 24.7 Å². The van der Waals surface area contributed by atoms with Crippen LogP contribution in [-0.2, 0) is 0 Å². The van der Waals surface area contributed by atoms with E-state index in [-0.39, 0.29) is 18.7 Å². The molecule has 0 spiro atoms. The summed E-state index contributed by atoms with van der Waals surface area (Å²) in [6.07, 6.45) is 2.38. The van der Waals surface area contributed by atoms with Crippen LogP contribution < -0.4 is 14.8 Å². The van der Waals surface area contributed by atoms with Crippen LogP contribution in [0.5, 0.6) is 11.5 Å². The average Bonchev–Trinajstić information content (AvgIpc) is 3.04. The molecule has 0 aromatic heterocycles. The Bertz CT molecular complexity index is 534. The minimum absolute atomic E-state index is 0.0178. The number of piperidine rings is 1. The molecule has 5 nitrogen and oxygen atoms in total. The molecular formula is C15H18N2O3. The summed E-state index contributed by atoms with van der Waals surface area (Å²) in [5.74, 6) is 2.11. The van der Waals surface area contributed by atoms with E-state index in [0.29, 0.717) is 17.1 Å². The zero-order valence-electron chi connectivity index (χ0n) is 11.3. The van der Waals surface area contributed by atoms with Crippen LogP contribution in [0.4, 0.5) is 0 Å². The van der Waals surface area contributed by atoms with E-state index in [1.54, 1.807) is 18.2 Å². The minimum atomic E-state index is -0.0178. The molecule has 3 atom stereocenters. The number of amides is 1. The van der Waals surface area contributed by atoms with E-state index in [9.17, 15) is 4.79 Å². The molecule has 106 valence electrons. The van der Waals surface area contributed by atoms with Gasteiger partial charge in [-0.3, -0.25) is 4.79 Å². The van der Waals surface area contributed by atoms with Crippen molar-refractivity contribution in [2.24, 2.45) is 5.92 Å². The third-order valence-electron chi connectivity index (χ3n) is 4.44. The van der Waals surface area contributed by atoms with Gasteiger partial charge < -0.3 is 19.7 Å². The third kappa shape index (κ3) is 2.12. The van der Waals surface area contributed by atoms with Crippen molar-refractivity contribution >= 4 is 5.91 Å². The number of hydrogen-bond acceptors (Lipinski definition) is 4. The maximum Gasteiger partial charge on any atom is 0.251 e. The van der Waals surface area contributed by atoms with Crippen molar-refractivity contribution in [1.29, 1.82) is 0 Å². The fourth-order valence-corrected chi connectivity index (χ4v) is 3.47. The van der Waals surface area contributed by atoms with Gasteiger partial charge in [0.15, 0.2) is 11.5 Å². The second-order valence-electron chi connectivity index (χ2n) is 5.89. The topological polar surface area (TPSA) is 50.8 Å². The monoisotopic (exact) mass is 274 g/mol. The Labute approximate surface area is 117 Å². The van der Waals surface area contributed by atoms with Gasteiger partial charge in [0.1, 0.15) is 0 Å². The van der Waals surface area contributed by atoms with Crippen LogP contribution in [-0.4, -0.2) is 43.3 Å². The second kappa shape index (κ2) is 4.66. The van der Waals surface area contributed by atoms with Crippen LogP contribution >= 0.6 is 0 Å². The average molecular weight is 274 g/mol. The van der Waals surface area contributed by atoms with Crippen molar-refractivity contribution in [2.75, 3.05) is 26.4 Å². The Kier molecular flexibility index (Phi) is 2.80. The molecule has 0 saturated carbocycles. The molecule has 1 unspecified atom stereocenters. The summed E-state index contributed by atoms with van der Waals surface area (Å²) in [4.78, 5) is 14.8. The van der Waals surface area contributed by atoms with Crippen LogP contribution in [0, 0.1) is 5.92 Å². The molecule has 1 N–H and O–H groups in total. The van der Waals surface area contributed by atoms with Gasteiger partial charge in [-0.2, -0.15) is 0 Å². The van der Waals surface area contributed by atoms with Gasteiger partial charge in [0.05, 0.1) is 0 Å². The highest BCUT2D eigenvalue weighted by molar-refractivity contribution is 5.95. The zero-order chi connectivity index (χ0) is 13.5. The van der Waals surface area contributed by atoms with E-state index in [1.165, 1.54) is 19.5 Å². The highest BCUT2D eigenvalue weighted by atomic mass is 16.7. The molecule has 3 aliphatic rings. The molecule has 2 bridgehead atoms. The van der Waals surface area contributed by atoms with Crippen molar-refractivity contribution in [2.45, 2.75) is 18.9 Å². The molecular weight excluding hydrogens is 256 g/mol. The SMILES string of the molecule is O=C(N[C@@H]1C[C@@H]2CCN(C2)C1)c1ccc2c(c1)OCO2. The lowest BCUT2D eigenvalue weighted by Gasteiger charge is -2.30. The van der Waals surface area contributed by atoms with Crippen molar-refractivity contribution in [3.05, 3.63) is 23.8 Å². The number of carbonyl (C=O) groups is 1. The number of benzene rings is 1. The molecule has 1 aromatic rings. The van der Waals surface area contributed by atoms with E-state index in [1.807, 2.05) is 0 Å². The number of fused-ring (bicyclic) bond motifs is 3. The first-order valence-electron chi connectivity index (χ1n) is 7.21. The van der Waals surface area contributed by atoms with Crippen molar-refractivity contribution in [1.82, 2.24) is 10.2 Å². The van der Waals surface area contributed by atoms with Gasteiger partial charge in [0.25, 0.3) is 5.91 Å². The molecule has 2 saturated heterocycles. The standard InChI is InChI=1S/C15H18N2O3/c18-15(11-1-2-13-14(6-11)20-9-19-13)16-12-5-10-3-4-17(7-10)8-12/h1-2,6,10,12H,3-5,7-9H2,(H,16,18)/t10-,12+/m0/s1. The van der Waals surface area contributed by atoms with Gasteiger partial charge in [-0.05, 0) is 43.5 Å². The molecule has 5 heteroatoms. The van der Waals surface area contributed by atoms with Crippen molar-refractivity contribution in [3.8, 4) is 11.5 Å². The highest BCUT2D eigenvalue weighted by Crippen LogP contribution is 2.32. The van der Waals surface area contributed by atoms with E-state index in [2.05, 4.69) is 10.2 Å². The van der Waals surface area contributed by atoms with E-state index in [0.717, 1.165) is 18.9 Å². The molecule has 0 radical (unpaired) electrons. The Balaban J connectivity index is 1.45. The predicted molar refractivity (Wildman–Crippen MR) is 73.0 cm³/mol. The van der Waals surface area contributed by atoms with Gasteiger partial charge in [0.2, 0.25) is 6.79 Å². The molecule has 20 heavy (non-hydrogen) atoms. The second-order valence-corrected chi connectivity index (χ2v) is 5.89. The largest absolute Gasteiger partial charge is 0.454 e. The van der Waals surface area contributed by atoms with Gasteiger partial charge in [-0.15, -0.1) is 0 Å². The quantitative estimate of drug-likeness (QED) is 0.881. The highest BCUT2D eigenvalue weighted by Gasteiger charge is 2.33. The fraction of sp³-hybridized carbons (Fsp3) is 0.533. The van der Waals surface area contributed by atoms with Crippen molar-refractivity contribution in [3.63, 3.8) is 0 Å². The molecule has 0 aliphatic carbocycles. The summed E-state index contributed by atoms with van der Waals surface area (Å²) >= 11 is 0. The summed E-state index contributed by atoms with van der Waals surface area (Å²) in [7, 11) is 0. The smallest absolute Gasteiger partial charge is 0.251 e. The lowest BCUT2D eigenvalue weighted by molar-refractivity contribution is 0.0909. The number of nitrogens with zero attached hydrogens (tertiary/aromatic N) is 1. The van der Waals surface area contributed by atoms with E-state index in [4.69, 9.17) is 9.47 Å². The van der Waals surface area contributed by atoms with Crippen molar-refractivity contribution < 1.29 is 14.3 Å². The van der Waals surface area contributed by atoms with Crippen LogP contribution in [0.25, 0.3) is 0 Å². The summed E-state index contributed by atoms with van der Waals surface area (Å²) in [6.45, 7) is 3.60. The van der Waals surface area contributed by atoms with Crippen LogP contribution in [0.3, 0.4) is 0 Å². The molecule has 4 rings (SSSR count). The number of carbonyl (C=O) groups excluding carboxylic acids is 1. The first-order chi connectivity index (χ1) is 9.78. The van der Waals surface area contributed by atoms with Gasteiger partial charge in [-0.25, -0.2) is 0 Å². The van der Waals surface area contributed by atoms with Gasteiger partial charge >= 0.3 is 0 Å². The molecule has 1 amide bonds. The maximum absolute atomic E-state index is 12.3. The maximum atomic E-state index is 12.3. The molecule has 3 heterocycles. The Morgan fingerprint density at radius 1 is 1.25 bits per heavy atom. The number of ether oxygens (including phenoxy) is 2. The number of nitrogens with one attached hydrogen (secondary N) is 1. The van der Waals surface area contributed by atoms with E-state index < -0.39 is 0 Å². The summed E-state index contributed by atoms with van der Waals surface area (Å²) in [6, 6.07) is 5.62. The van der Waals surface area contributed by atoms with Crippen LogP contribution in [0.1, 0.15) is 23.2 Å². The molecule has 1 aromatic carbocycles. The lowest BCUT2D eigenvalue weighted by atomic mass is 9.96. The summed E-state index contributed by atoms with van der Waals surface area (Å²) in [5.41, 5.74) is 0.641. The summed E-state index contributed by atoms with van der Waals surface area (Å²) in [5, 5.41) is 3.15. The van der Waals surface area contributed by atoms with Crippen LogP contribution in [0.15, 0.2) is 18.2 Å². The van der Waals surface area contributed by atoms with Gasteiger partial charge in [-0.1, -0.05) is 0 Å². The Morgan fingerprint density at radius 2 is 2.15 bits per heavy atom. The Morgan fingerprint density at radius 3 is 3.05 bits per heavy atom. The fourth-order valence-electron chi connectivity index (χ4n) is 3.47. The van der Waals surface area contributed by atoms with Crippen LogP contribution in [0.2, 0.25) is 0 Å². The zero-order valence-corrected chi connectivity index (χ0v) is 11.3. The first kappa shape index (κ1) is 12.0. The minimum Gasteiger partial charge on any atom is -0.454 e. The molecule has 3 aliphatic heterocycles. The predicted octanol–water partition coefficient (Wildman–Crippen LogP) is 1.24. The first-order valence-corrected chi connectivity index (χ1v) is 7.21. The third-order valence-corrected chi connectivity index (χ3v) is 4.44. The number of rotatable bonds is 2. The summed E-state index contributed by atoms with van der Waals surface area (Å²) < 4.78 is 10.6. The molecule has 2 fully saturated rings. The Hall–Kier alpha value is -1.75. The number of hydrogen-bond donors (Lipinski definition) is 1.